The van der Waals surface area contributed by atoms with Gasteiger partial charge in [0.1, 0.15) is 0 Å². The van der Waals surface area contributed by atoms with E-state index in [1.54, 1.807) is 0 Å². The van der Waals surface area contributed by atoms with E-state index in [0.717, 1.165) is 16.5 Å². The molecule has 0 aliphatic heterocycles. The van der Waals surface area contributed by atoms with Crippen LogP contribution < -0.4 is 0 Å². The van der Waals surface area contributed by atoms with Crippen LogP contribution in [-0.2, 0) is 0 Å². The molecular formula is C15H13BrO. The predicted molar refractivity (Wildman–Crippen MR) is 72.0 cm³/mol. The maximum absolute atomic E-state index is 10.1. The molecule has 0 heterocycles. The molecule has 0 amide bonds. The van der Waals surface area contributed by atoms with Crippen molar-refractivity contribution in [3.8, 4) is 0 Å². The molecule has 17 heavy (non-hydrogen) atoms. The Morgan fingerprint density at radius 1 is 0.941 bits per heavy atom. The fourth-order valence-electron chi connectivity index (χ4n) is 2.62. The number of halogens is 1. The molecule has 2 aromatic rings. The number of hydrogen-bond acceptors (Lipinski definition) is 1. The Bertz CT molecular complexity index is 533. The molecule has 2 atom stereocenters. The number of hydrogen-bond donors (Lipinski definition) is 1. The van der Waals surface area contributed by atoms with Crippen molar-refractivity contribution in [1.29, 1.82) is 0 Å². The Hall–Kier alpha value is -1.12. The number of aliphatic hydroxyl groups is 1. The summed E-state index contributed by atoms with van der Waals surface area (Å²) in [4.78, 5) is 0. The lowest BCUT2D eigenvalue weighted by Gasteiger charge is -2.11. The minimum atomic E-state index is -0.320. The summed E-state index contributed by atoms with van der Waals surface area (Å²) in [5.74, 6) is 0.328. The molecule has 2 aromatic carbocycles. The van der Waals surface area contributed by atoms with Gasteiger partial charge in [-0.3, -0.25) is 0 Å². The molecule has 1 N–H and O–H groups in total. The zero-order chi connectivity index (χ0) is 11.8. The number of aliphatic hydroxyl groups excluding tert-OH is 1. The molecule has 1 aliphatic rings. The van der Waals surface area contributed by atoms with Crippen LogP contribution in [0, 0.1) is 0 Å². The lowest BCUT2D eigenvalue weighted by atomic mass is 9.93. The molecular weight excluding hydrogens is 276 g/mol. The van der Waals surface area contributed by atoms with Crippen molar-refractivity contribution in [2.45, 2.75) is 18.4 Å². The van der Waals surface area contributed by atoms with E-state index in [0.29, 0.717) is 5.92 Å². The van der Waals surface area contributed by atoms with Gasteiger partial charge in [-0.1, -0.05) is 52.3 Å². The maximum atomic E-state index is 10.1. The number of rotatable bonds is 1. The van der Waals surface area contributed by atoms with Crippen LogP contribution in [0.25, 0.3) is 0 Å². The summed E-state index contributed by atoms with van der Waals surface area (Å²) in [7, 11) is 0. The Morgan fingerprint density at radius 2 is 1.59 bits per heavy atom. The van der Waals surface area contributed by atoms with Gasteiger partial charge in [-0.05, 0) is 35.2 Å². The molecule has 86 valence electrons. The summed E-state index contributed by atoms with van der Waals surface area (Å²) in [6.45, 7) is 0. The first-order chi connectivity index (χ1) is 8.25. The highest BCUT2D eigenvalue weighted by Gasteiger charge is 2.29. The molecule has 0 fully saturated rings. The van der Waals surface area contributed by atoms with Crippen LogP contribution in [0.4, 0.5) is 0 Å². The maximum Gasteiger partial charge on any atom is 0.0802 e. The fourth-order valence-corrected chi connectivity index (χ4v) is 2.88. The van der Waals surface area contributed by atoms with Crippen LogP contribution in [0.15, 0.2) is 53.0 Å². The van der Waals surface area contributed by atoms with Crippen molar-refractivity contribution in [2.24, 2.45) is 0 Å². The van der Waals surface area contributed by atoms with Crippen molar-refractivity contribution in [3.05, 3.63) is 69.7 Å². The van der Waals surface area contributed by atoms with Gasteiger partial charge in [0.15, 0.2) is 0 Å². The minimum Gasteiger partial charge on any atom is -0.388 e. The van der Waals surface area contributed by atoms with Gasteiger partial charge in [0, 0.05) is 10.4 Å². The van der Waals surface area contributed by atoms with Crippen LogP contribution in [-0.4, -0.2) is 5.11 Å². The molecule has 1 nitrogen and oxygen atoms in total. The standard InChI is InChI=1S/C15H13BrO/c16-11-7-5-10(6-8-11)14-9-15(17)13-4-2-1-3-12(13)14/h1-8,14-15,17H,9H2/t14-,15-/m0/s1. The fraction of sp³-hybridized carbons (Fsp3) is 0.200. The van der Waals surface area contributed by atoms with Gasteiger partial charge in [0.05, 0.1) is 6.10 Å². The molecule has 0 aromatic heterocycles. The number of benzene rings is 2. The van der Waals surface area contributed by atoms with Crippen molar-refractivity contribution in [2.75, 3.05) is 0 Å². The highest BCUT2D eigenvalue weighted by molar-refractivity contribution is 9.10. The van der Waals surface area contributed by atoms with Crippen LogP contribution >= 0.6 is 15.9 Å². The second-order valence-electron chi connectivity index (χ2n) is 4.48. The van der Waals surface area contributed by atoms with Gasteiger partial charge < -0.3 is 5.11 Å². The average molecular weight is 289 g/mol. The molecule has 1 aliphatic carbocycles. The summed E-state index contributed by atoms with van der Waals surface area (Å²) in [5.41, 5.74) is 3.62. The first-order valence-corrected chi connectivity index (χ1v) is 6.57. The normalized spacial score (nSPS) is 22.5. The second kappa shape index (κ2) is 4.28. The molecule has 0 spiro atoms. The van der Waals surface area contributed by atoms with Gasteiger partial charge in [0.25, 0.3) is 0 Å². The summed E-state index contributed by atoms with van der Waals surface area (Å²) < 4.78 is 1.09. The lowest BCUT2D eigenvalue weighted by molar-refractivity contribution is 0.176. The smallest absolute Gasteiger partial charge is 0.0802 e. The first kappa shape index (κ1) is 11.0. The Labute approximate surface area is 109 Å². The monoisotopic (exact) mass is 288 g/mol. The van der Waals surface area contributed by atoms with Crippen molar-refractivity contribution in [1.82, 2.24) is 0 Å². The highest BCUT2D eigenvalue weighted by Crippen LogP contribution is 2.43. The van der Waals surface area contributed by atoms with E-state index < -0.39 is 0 Å². The van der Waals surface area contributed by atoms with E-state index in [1.165, 1.54) is 11.1 Å². The van der Waals surface area contributed by atoms with E-state index >= 15 is 0 Å². The van der Waals surface area contributed by atoms with Crippen molar-refractivity contribution >= 4 is 15.9 Å². The van der Waals surface area contributed by atoms with E-state index in [-0.39, 0.29) is 6.10 Å². The molecule has 0 unspecified atom stereocenters. The summed E-state index contributed by atoms with van der Waals surface area (Å²) in [6, 6.07) is 16.6. The summed E-state index contributed by atoms with van der Waals surface area (Å²) in [6.07, 6.45) is 0.473. The van der Waals surface area contributed by atoms with Crippen molar-refractivity contribution < 1.29 is 5.11 Å². The van der Waals surface area contributed by atoms with Gasteiger partial charge in [-0.25, -0.2) is 0 Å². The largest absolute Gasteiger partial charge is 0.388 e. The molecule has 3 rings (SSSR count). The van der Waals surface area contributed by atoms with Crippen LogP contribution in [0.2, 0.25) is 0 Å². The molecule has 0 saturated heterocycles. The summed E-state index contributed by atoms with van der Waals surface area (Å²) >= 11 is 3.45. The third-order valence-electron chi connectivity index (χ3n) is 3.46. The topological polar surface area (TPSA) is 20.2 Å². The molecule has 2 heteroatoms. The summed E-state index contributed by atoms with van der Waals surface area (Å²) in [5, 5.41) is 10.1. The molecule has 0 saturated carbocycles. The molecule has 0 radical (unpaired) electrons. The van der Waals surface area contributed by atoms with Crippen molar-refractivity contribution in [3.63, 3.8) is 0 Å². The average Bonchev–Trinajstić information content (AvgIpc) is 2.69. The van der Waals surface area contributed by atoms with E-state index in [2.05, 4.69) is 46.3 Å². The zero-order valence-corrected chi connectivity index (χ0v) is 10.9. The van der Waals surface area contributed by atoms with Gasteiger partial charge in [-0.2, -0.15) is 0 Å². The SMILES string of the molecule is O[C@H]1C[C@@H](c2ccc(Br)cc2)c2ccccc21. The lowest BCUT2D eigenvalue weighted by Crippen LogP contribution is -1.95. The predicted octanol–water partition coefficient (Wildman–Crippen LogP) is 4.02. The Balaban J connectivity index is 2.04. The van der Waals surface area contributed by atoms with Crippen LogP contribution in [0.1, 0.15) is 35.1 Å². The van der Waals surface area contributed by atoms with Crippen LogP contribution in [0.3, 0.4) is 0 Å². The quantitative estimate of drug-likeness (QED) is 0.840. The van der Waals surface area contributed by atoms with Crippen LogP contribution in [0.5, 0.6) is 0 Å². The highest BCUT2D eigenvalue weighted by atomic mass is 79.9. The van der Waals surface area contributed by atoms with Gasteiger partial charge in [0.2, 0.25) is 0 Å². The third kappa shape index (κ3) is 1.92. The van der Waals surface area contributed by atoms with E-state index in [9.17, 15) is 5.11 Å². The van der Waals surface area contributed by atoms with E-state index in [4.69, 9.17) is 0 Å². The Kier molecular flexibility index (Phi) is 2.77. The zero-order valence-electron chi connectivity index (χ0n) is 9.31. The van der Waals surface area contributed by atoms with Gasteiger partial charge in [-0.15, -0.1) is 0 Å². The number of fused-ring (bicyclic) bond motifs is 1. The first-order valence-electron chi connectivity index (χ1n) is 5.78. The second-order valence-corrected chi connectivity index (χ2v) is 5.40. The third-order valence-corrected chi connectivity index (χ3v) is 3.99. The molecule has 0 bridgehead atoms. The van der Waals surface area contributed by atoms with Gasteiger partial charge >= 0.3 is 0 Å². The van der Waals surface area contributed by atoms with E-state index in [1.807, 2.05) is 18.2 Å². The Morgan fingerprint density at radius 3 is 2.29 bits per heavy atom. The minimum absolute atomic E-state index is 0.320.